The Morgan fingerprint density at radius 2 is 2.11 bits per heavy atom. The van der Waals surface area contributed by atoms with Crippen molar-refractivity contribution >= 4 is 0 Å². The summed E-state index contributed by atoms with van der Waals surface area (Å²) in [5, 5.41) is 3.40. The Bertz CT molecular complexity index is 390. The Labute approximate surface area is 116 Å². The number of nitrogens with one attached hydrogen (secondary N) is 1. The fourth-order valence-corrected chi connectivity index (χ4v) is 2.71. The molecule has 1 aliphatic carbocycles. The lowest BCUT2D eigenvalue weighted by Crippen LogP contribution is -2.39. The first-order chi connectivity index (χ1) is 9.22. The molecule has 0 aromatic heterocycles. The molecule has 106 valence electrons. The highest BCUT2D eigenvalue weighted by Gasteiger charge is 2.23. The lowest BCUT2D eigenvalue weighted by molar-refractivity contribution is 0.153. The zero-order chi connectivity index (χ0) is 13.7. The van der Waals surface area contributed by atoms with Gasteiger partial charge in [-0.3, -0.25) is 0 Å². The largest absolute Gasteiger partial charge is 0.310 e. The summed E-state index contributed by atoms with van der Waals surface area (Å²) >= 11 is 0. The Morgan fingerprint density at radius 3 is 2.68 bits per heavy atom. The molecule has 1 aromatic carbocycles. The monoisotopic (exact) mass is 264 g/mol. The summed E-state index contributed by atoms with van der Waals surface area (Å²) < 4.78 is 13.9. The molecule has 0 spiro atoms. The van der Waals surface area contributed by atoms with Crippen molar-refractivity contribution in [3.05, 3.63) is 35.6 Å². The standard InChI is InChI=1S/C16H25FN2/c1-3-18-16(14-9-4-5-10-15(14)17)11-12-19(2)13-7-6-8-13/h4-5,9-10,13,16,18H,3,6-8,11-12H2,1-2H3. The predicted octanol–water partition coefficient (Wildman–Crippen LogP) is 3.35. The van der Waals surface area contributed by atoms with E-state index in [9.17, 15) is 4.39 Å². The van der Waals surface area contributed by atoms with E-state index < -0.39 is 0 Å². The number of nitrogens with zero attached hydrogens (tertiary/aromatic N) is 1. The van der Waals surface area contributed by atoms with Crippen LogP contribution in [-0.4, -0.2) is 31.1 Å². The van der Waals surface area contributed by atoms with Gasteiger partial charge in [-0.1, -0.05) is 31.5 Å². The van der Waals surface area contributed by atoms with Crippen molar-refractivity contribution in [1.82, 2.24) is 10.2 Å². The van der Waals surface area contributed by atoms with Gasteiger partial charge >= 0.3 is 0 Å². The Kier molecular flexibility index (Phi) is 5.34. The molecular weight excluding hydrogens is 239 g/mol. The van der Waals surface area contributed by atoms with Crippen LogP contribution >= 0.6 is 0 Å². The van der Waals surface area contributed by atoms with Crippen LogP contribution in [-0.2, 0) is 0 Å². The van der Waals surface area contributed by atoms with E-state index in [0.29, 0.717) is 0 Å². The van der Waals surface area contributed by atoms with Gasteiger partial charge in [-0.2, -0.15) is 0 Å². The van der Waals surface area contributed by atoms with Crippen LogP contribution in [0.3, 0.4) is 0 Å². The molecule has 0 radical (unpaired) electrons. The maximum absolute atomic E-state index is 13.9. The normalized spacial score (nSPS) is 17.5. The SMILES string of the molecule is CCNC(CCN(C)C1CCC1)c1ccccc1F. The molecule has 1 aliphatic rings. The maximum atomic E-state index is 13.9. The second-order valence-corrected chi connectivity index (χ2v) is 5.49. The van der Waals surface area contributed by atoms with Gasteiger partial charge in [-0.25, -0.2) is 4.39 Å². The average Bonchev–Trinajstić information content (AvgIpc) is 2.33. The highest BCUT2D eigenvalue weighted by molar-refractivity contribution is 5.21. The second-order valence-electron chi connectivity index (χ2n) is 5.49. The van der Waals surface area contributed by atoms with E-state index in [4.69, 9.17) is 0 Å². The van der Waals surface area contributed by atoms with Crippen LogP contribution in [0.1, 0.15) is 44.2 Å². The number of benzene rings is 1. The molecule has 0 saturated heterocycles. The molecule has 1 atom stereocenters. The fraction of sp³-hybridized carbons (Fsp3) is 0.625. The molecule has 1 saturated carbocycles. The number of halogens is 1. The van der Waals surface area contributed by atoms with Gasteiger partial charge in [0.2, 0.25) is 0 Å². The molecule has 1 aromatic rings. The quantitative estimate of drug-likeness (QED) is 0.812. The molecule has 0 aliphatic heterocycles. The number of hydrogen-bond acceptors (Lipinski definition) is 2. The van der Waals surface area contributed by atoms with Crippen LogP contribution < -0.4 is 5.32 Å². The molecule has 0 bridgehead atoms. The van der Waals surface area contributed by atoms with E-state index in [2.05, 4.69) is 24.2 Å². The highest BCUT2D eigenvalue weighted by atomic mass is 19.1. The third kappa shape index (κ3) is 3.77. The third-order valence-electron chi connectivity index (χ3n) is 4.20. The molecule has 2 rings (SSSR count). The van der Waals surface area contributed by atoms with E-state index in [1.165, 1.54) is 19.3 Å². The van der Waals surface area contributed by atoms with Crippen molar-refractivity contribution < 1.29 is 4.39 Å². The lowest BCUT2D eigenvalue weighted by atomic mass is 9.91. The van der Waals surface area contributed by atoms with E-state index in [0.717, 1.165) is 31.1 Å². The zero-order valence-electron chi connectivity index (χ0n) is 12.0. The zero-order valence-corrected chi connectivity index (χ0v) is 12.0. The topological polar surface area (TPSA) is 15.3 Å². The van der Waals surface area contributed by atoms with Crippen LogP contribution in [0.2, 0.25) is 0 Å². The minimum absolute atomic E-state index is 0.0975. The smallest absolute Gasteiger partial charge is 0.127 e. The van der Waals surface area contributed by atoms with E-state index >= 15 is 0 Å². The maximum Gasteiger partial charge on any atom is 0.127 e. The van der Waals surface area contributed by atoms with Crippen molar-refractivity contribution in [3.63, 3.8) is 0 Å². The second kappa shape index (κ2) is 7.01. The molecular formula is C16H25FN2. The summed E-state index contributed by atoms with van der Waals surface area (Å²) in [6, 6.07) is 7.99. The van der Waals surface area contributed by atoms with Crippen LogP contribution in [0.4, 0.5) is 4.39 Å². The molecule has 3 heteroatoms. The molecule has 2 nitrogen and oxygen atoms in total. The van der Waals surface area contributed by atoms with E-state index in [1.807, 2.05) is 12.1 Å². The number of hydrogen-bond donors (Lipinski definition) is 1. The summed E-state index contributed by atoms with van der Waals surface area (Å²) in [5.74, 6) is -0.0975. The van der Waals surface area contributed by atoms with E-state index in [1.54, 1.807) is 12.1 Å². The van der Waals surface area contributed by atoms with Crippen LogP contribution in [0.5, 0.6) is 0 Å². The first kappa shape index (κ1) is 14.5. The highest BCUT2D eigenvalue weighted by Crippen LogP contribution is 2.25. The van der Waals surface area contributed by atoms with Gasteiger partial charge < -0.3 is 10.2 Å². The minimum Gasteiger partial charge on any atom is -0.310 e. The van der Waals surface area contributed by atoms with Gasteiger partial charge in [0.15, 0.2) is 0 Å². The fourth-order valence-electron chi connectivity index (χ4n) is 2.71. The van der Waals surface area contributed by atoms with Gasteiger partial charge in [0.05, 0.1) is 0 Å². The van der Waals surface area contributed by atoms with Gasteiger partial charge in [-0.05, 0) is 45.5 Å². The minimum atomic E-state index is -0.0975. The predicted molar refractivity (Wildman–Crippen MR) is 77.7 cm³/mol. The molecule has 0 amide bonds. The molecule has 1 fully saturated rings. The molecule has 1 unspecified atom stereocenters. The molecule has 0 heterocycles. The first-order valence-electron chi connectivity index (χ1n) is 7.40. The summed E-state index contributed by atoms with van der Waals surface area (Å²) in [5.41, 5.74) is 0.798. The van der Waals surface area contributed by atoms with Crippen LogP contribution in [0, 0.1) is 5.82 Å². The van der Waals surface area contributed by atoms with E-state index in [-0.39, 0.29) is 11.9 Å². The van der Waals surface area contributed by atoms with Crippen molar-refractivity contribution in [3.8, 4) is 0 Å². The van der Waals surface area contributed by atoms with Crippen molar-refractivity contribution in [2.75, 3.05) is 20.1 Å². The summed E-state index contributed by atoms with van der Waals surface area (Å²) in [7, 11) is 2.19. The first-order valence-corrected chi connectivity index (χ1v) is 7.40. The van der Waals surface area contributed by atoms with Gasteiger partial charge in [-0.15, -0.1) is 0 Å². The Balaban J connectivity index is 1.94. The van der Waals surface area contributed by atoms with Gasteiger partial charge in [0, 0.05) is 17.6 Å². The number of rotatable bonds is 7. The Morgan fingerprint density at radius 1 is 1.37 bits per heavy atom. The summed E-state index contributed by atoms with van der Waals surface area (Å²) in [4.78, 5) is 2.43. The van der Waals surface area contributed by atoms with Crippen molar-refractivity contribution in [2.24, 2.45) is 0 Å². The van der Waals surface area contributed by atoms with Crippen LogP contribution in [0.15, 0.2) is 24.3 Å². The van der Waals surface area contributed by atoms with Gasteiger partial charge in [0.25, 0.3) is 0 Å². The van der Waals surface area contributed by atoms with Crippen molar-refractivity contribution in [2.45, 2.75) is 44.7 Å². The summed E-state index contributed by atoms with van der Waals surface area (Å²) in [6.45, 7) is 3.96. The average molecular weight is 264 g/mol. The van der Waals surface area contributed by atoms with Crippen LogP contribution in [0.25, 0.3) is 0 Å². The van der Waals surface area contributed by atoms with Gasteiger partial charge in [0.1, 0.15) is 5.82 Å². The molecule has 19 heavy (non-hydrogen) atoms. The summed E-state index contributed by atoms with van der Waals surface area (Å²) in [6.07, 6.45) is 4.96. The Hall–Kier alpha value is -0.930. The molecule has 1 N–H and O–H groups in total. The third-order valence-corrected chi connectivity index (χ3v) is 4.20. The van der Waals surface area contributed by atoms with Crippen molar-refractivity contribution in [1.29, 1.82) is 0 Å². The lowest BCUT2D eigenvalue weighted by Gasteiger charge is -2.35.